The van der Waals surface area contributed by atoms with E-state index in [4.69, 9.17) is 5.73 Å². The van der Waals surface area contributed by atoms with Crippen molar-refractivity contribution in [2.75, 3.05) is 0 Å². The largest absolute Gasteiger partial charge is 0.328 e. The first-order valence-corrected chi connectivity index (χ1v) is 8.92. The molecule has 0 amide bonds. The lowest BCUT2D eigenvalue weighted by molar-refractivity contribution is 0.373. The zero-order valence-corrected chi connectivity index (χ0v) is 13.6. The van der Waals surface area contributed by atoms with Crippen molar-refractivity contribution in [2.45, 2.75) is 49.6 Å². The standard InChI is InChI=1S/C14H21N5O2S/c1-9-13-7-12(8-16-14(13)19(2)17-9)22(20,21)18-11-5-3-10(15)4-6-11/h7-8,10-11,18H,3-6,15H2,1-2H3. The fourth-order valence-electron chi connectivity index (χ4n) is 2.96. The van der Waals surface area contributed by atoms with E-state index >= 15 is 0 Å². The Labute approximate surface area is 130 Å². The first-order valence-electron chi connectivity index (χ1n) is 7.44. The van der Waals surface area contributed by atoms with Gasteiger partial charge in [-0.3, -0.25) is 4.68 Å². The number of rotatable bonds is 3. The lowest BCUT2D eigenvalue weighted by Gasteiger charge is -2.26. The Balaban J connectivity index is 1.87. The van der Waals surface area contributed by atoms with Crippen LogP contribution < -0.4 is 10.5 Å². The average Bonchev–Trinajstić information content (AvgIpc) is 2.76. The van der Waals surface area contributed by atoms with E-state index in [9.17, 15) is 8.42 Å². The van der Waals surface area contributed by atoms with Crippen LogP contribution in [0.3, 0.4) is 0 Å². The maximum atomic E-state index is 12.5. The smallest absolute Gasteiger partial charge is 0.242 e. The molecule has 1 aliphatic rings. The minimum atomic E-state index is -3.57. The van der Waals surface area contributed by atoms with E-state index in [0.29, 0.717) is 5.65 Å². The molecule has 0 aromatic carbocycles. The topological polar surface area (TPSA) is 103 Å². The number of hydrogen-bond donors (Lipinski definition) is 2. The summed E-state index contributed by atoms with van der Waals surface area (Å²) in [6, 6.07) is 1.79. The lowest BCUT2D eigenvalue weighted by Crippen LogP contribution is -2.40. The monoisotopic (exact) mass is 323 g/mol. The molecule has 3 rings (SSSR count). The third kappa shape index (κ3) is 2.86. The highest BCUT2D eigenvalue weighted by Crippen LogP contribution is 2.22. The minimum Gasteiger partial charge on any atom is -0.328 e. The Kier molecular flexibility index (Phi) is 3.92. The molecule has 0 saturated heterocycles. The summed E-state index contributed by atoms with van der Waals surface area (Å²) >= 11 is 0. The molecule has 7 nitrogen and oxygen atoms in total. The third-order valence-electron chi connectivity index (χ3n) is 4.24. The number of nitrogens with two attached hydrogens (primary N) is 1. The Hall–Kier alpha value is -1.51. The number of nitrogens with zero attached hydrogens (tertiary/aromatic N) is 3. The lowest BCUT2D eigenvalue weighted by atomic mass is 9.93. The molecule has 1 fully saturated rings. The molecule has 2 aromatic rings. The van der Waals surface area contributed by atoms with Crippen molar-refractivity contribution in [1.29, 1.82) is 0 Å². The SMILES string of the molecule is Cc1nn(C)c2ncc(S(=O)(=O)NC3CCC(N)CC3)cc12. The summed E-state index contributed by atoms with van der Waals surface area (Å²) in [7, 11) is -1.78. The fraction of sp³-hybridized carbons (Fsp3) is 0.571. The van der Waals surface area contributed by atoms with Crippen LogP contribution in [0.4, 0.5) is 0 Å². The van der Waals surface area contributed by atoms with Gasteiger partial charge in [0.1, 0.15) is 4.90 Å². The molecule has 1 aliphatic carbocycles. The highest BCUT2D eigenvalue weighted by atomic mass is 32.2. The normalized spacial score (nSPS) is 23.0. The van der Waals surface area contributed by atoms with Crippen LogP contribution in [0.15, 0.2) is 17.2 Å². The molecule has 0 atom stereocenters. The number of nitrogens with one attached hydrogen (secondary N) is 1. The van der Waals surface area contributed by atoms with Gasteiger partial charge in [-0.1, -0.05) is 0 Å². The van der Waals surface area contributed by atoms with Crippen LogP contribution in [0.25, 0.3) is 11.0 Å². The highest BCUT2D eigenvalue weighted by Gasteiger charge is 2.25. The second kappa shape index (κ2) is 5.60. The maximum Gasteiger partial charge on any atom is 0.242 e. The summed E-state index contributed by atoms with van der Waals surface area (Å²) in [5, 5.41) is 5.02. The van der Waals surface area contributed by atoms with Crippen molar-refractivity contribution in [2.24, 2.45) is 12.8 Å². The number of pyridine rings is 1. The summed E-state index contributed by atoms with van der Waals surface area (Å²) in [5.74, 6) is 0. The second-order valence-corrected chi connectivity index (χ2v) is 7.70. The first kappa shape index (κ1) is 15.4. The van der Waals surface area contributed by atoms with Crippen LogP contribution in [0.2, 0.25) is 0 Å². The average molecular weight is 323 g/mol. The molecule has 120 valence electrons. The van der Waals surface area contributed by atoms with Gasteiger partial charge >= 0.3 is 0 Å². The fourth-order valence-corrected chi connectivity index (χ4v) is 4.24. The van der Waals surface area contributed by atoms with Gasteiger partial charge in [0, 0.05) is 30.7 Å². The molecule has 8 heteroatoms. The van der Waals surface area contributed by atoms with Gasteiger partial charge in [0.25, 0.3) is 0 Å². The van der Waals surface area contributed by atoms with Crippen LogP contribution in [-0.4, -0.2) is 35.3 Å². The second-order valence-electron chi connectivity index (χ2n) is 5.98. The molecule has 0 unspecified atom stereocenters. The van der Waals surface area contributed by atoms with Crippen molar-refractivity contribution in [3.63, 3.8) is 0 Å². The van der Waals surface area contributed by atoms with E-state index in [1.54, 1.807) is 17.8 Å². The van der Waals surface area contributed by atoms with E-state index < -0.39 is 10.0 Å². The van der Waals surface area contributed by atoms with Crippen molar-refractivity contribution in [3.05, 3.63) is 18.0 Å². The molecular weight excluding hydrogens is 302 g/mol. The van der Waals surface area contributed by atoms with Gasteiger partial charge in [-0.15, -0.1) is 0 Å². The number of aromatic nitrogens is 3. The Morgan fingerprint density at radius 2 is 2.00 bits per heavy atom. The number of fused-ring (bicyclic) bond motifs is 1. The zero-order chi connectivity index (χ0) is 15.9. The number of sulfonamides is 1. The van der Waals surface area contributed by atoms with E-state index in [1.165, 1.54) is 6.20 Å². The van der Waals surface area contributed by atoms with Crippen LogP contribution >= 0.6 is 0 Å². The molecule has 0 spiro atoms. The van der Waals surface area contributed by atoms with Gasteiger partial charge in [0.05, 0.1) is 5.69 Å². The number of hydrogen-bond acceptors (Lipinski definition) is 5. The molecule has 0 bridgehead atoms. The predicted octanol–water partition coefficient (Wildman–Crippen LogP) is 0.825. The molecule has 0 aliphatic heterocycles. The maximum absolute atomic E-state index is 12.5. The predicted molar refractivity (Wildman–Crippen MR) is 83.8 cm³/mol. The molecule has 22 heavy (non-hydrogen) atoms. The van der Waals surface area contributed by atoms with Crippen molar-refractivity contribution in [3.8, 4) is 0 Å². The Morgan fingerprint density at radius 3 is 2.68 bits per heavy atom. The van der Waals surface area contributed by atoms with Gasteiger partial charge < -0.3 is 5.73 Å². The van der Waals surface area contributed by atoms with Crippen LogP contribution in [0, 0.1) is 6.92 Å². The summed E-state index contributed by atoms with van der Waals surface area (Å²) in [6.07, 6.45) is 4.66. The van der Waals surface area contributed by atoms with E-state index in [0.717, 1.165) is 36.8 Å². The van der Waals surface area contributed by atoms with Crippen molar-refractivity contribution < 1.29 is 8.42 Å². The molecule has 2 aromatic heterocycles. The van der Waals surface area contributed by atoms with Crippen LogP contribution in [0.1, 0.15) is 31.4 Å². The Bertz CT molecular complexity index is 791. The third-order valence-corrected chi connectivity index (χ3v) is 5.73. The highest BCUT2D eigenvalue weighted by molar-refractivity contribution is 7.89. The van der Waals surface area contributed by atoms with Gasteiger partial charge in [0.2, 0.25) is 10.0 Å². The summed E-state index contributed by atoms with van der Waals surface area (Å²) < 4.78 is 29.5. The zero-order valence-electron chi connectivity index (χ0n) is 12.8. The Morgan fingerprint density at radius 1 is 1.32 bits per heavy atom. The minimum absolute atomic E-state index is 0.0458. The molecule has 1 saturated carbocycles. The van der Waals surface area contributed by atoms with Gasteiger partial charge in [-0.05, 0) is 38.7 Å². The summed E-state index contributed by atoms with van der Waals surface area (Å²) in [5.41, 5.74) is 7.31. The van der Waals surface area contributed by atoms with E-state index in [1.807, 2.05) is 6.92 Å². The molecule has 3 N–H and O–H groups in total. The summed E-state index contributed by atoms with van der Waals surface area (Å²) in [4.78, 5) is 4.42. The van der Waals surface area contributed by atoms with Gasteiger partial charge in [-0.25, -0.2) is 18.1 Å². The van der Waals surface area contributed by atoms with Gasteiger partial charge in [-0.2, -0.15) is 5.10 Å². The molecular formula is C14H21N5O2S. The van der Waals surface area contributed by atoms with Crippen molar-refractivity contribution in [1.82, 2.24) is 19.5 Å². The van der Waals surface area contributed by atoms with Crippen LogP contribution in [-0.2, 0) is 17.1 Å². The van der Waals surface area contributed by atoms with Crippen molar-refractivity contribution >= 4 is 21.1 Å². The molecule has 2 heterocycles. The number of aryl methyl sites for hydroxylation is 2. The van der Waals surface area contributed by atoms with Crippen LogP contribution in [0.5, 0.6) is 0 Å². The van der Waals surface area contributed by atoms with E-state index in [2.05, 4.69) is 14.8 Å². The van der Waals surface area contributed by atoms with Gasteiger partial charge in [0.15, 0.2) is 5.65 Å². The molecule has 0 radical (unpaired) electrons. The first-order chi connectivity index (χ1) is 10.4. The summed E-state index contributed by atoms with van der Waals surface area (Å²) in [6.45, 7) is 1.84. The van der Waals surface area contributed by atoms with E-state index in [-0.39, 0.29) is 17.0 Å². The quantitative estimate of drug-likeness (QED) is 0.870.